The van der Waals surface area contributed by atoms with Crippen molar-refractivity contribution in [3.8, 4) is 11.3 Å². The van der Waals surface area contributed by atoms with Gasteiger partial charge in [-0.05, 0) is 24.3 Å². The lowest BCUT2D eigenvalue weighted by Gasteiger charge is -2.12. The number of nitrogens with zero attached hydrogens (tertiary/aromatic N) is 3. The van der Waals surface area contributed by atoms with Gasteiger partial charge in [-0.15, -0.1) is 0 Å². The Bertz CT molecular complexity index is 1310. The van der Waals surface area contributed by atoms with E-state index < -0.39 is 17.8 Å². The number of rotatable bonds is 3. The van der Waals surface area contributed by atoms with Gasteiger partial charge in [0.15, 0.2) is 0 Å². The molecule has 0 aliphatic carbocycles. The normalized spacial score (nSPS) is 13.0. The van der Waals surface area contributed by atoms with Gasteiger partial charge in [0.25, 0.3) is 11.8 Å². The van der Waals surface area contributed by atoms with Gasteiger partial charge in [-0.1, -0.05) is 47.5 Å². The molecule has 146 valence electrons. The van der Waals surface area contributed by atoms with Crippen LogP contribution in [-0.4, -0.2) is 32.4 Å². The van der Waals surface area contributed by atoms with E-state index in [2.05, 4.69) is 4.98 Å². The fourth-order valence-corrected chi connectivity index (χ4v) is 3.56. The molecule has 0 spiro atoms. The maximum Gasteiger partial charge on any atom is 0.367 e. The van der Waals surface area contributed by atoms with Gasteiger partial charge in [-0.3, -0.25) is 9.59 Å². The minimum absolute atomic E-state index is 0.168. The molecule has 2 aromatic carbocycles. The summed E-state index contributed by atoms with van der Waals surface area (Å²) in [6, 6.07) is 19.7. The number of hydroxylamine groups is 2. The van der Waals surface area contributed by atoms with Crippen molar-refractivity contribution < 1.29 is 19.2 Å². The summed E-state index contributed by atoms with van der Waals surface area (Å²) >= 11 is 0. The molecule has 1 aliphatic rings. The Hall–Kier alpha value is -4.26. The fourth-order valence-electron chi connectivity index (χ4n) is 3.56. The maximum atomic E-state index is 12.9. The summed E-state index contributed by atoms with van der Waals surface area (Å²) in [5.74, 6) is -2.16. The first-order valence-electron chi connectivity index (χ1n) is 9.26. The van der Waals surface area contributed by atoms with E-state index in [-0.39, 0.29) is 16.7 Å². The summed E-state index contributed by atoms with van der Waals surface area (Å²) in [6.45, 7) is 0. The average Bonchev–Trinajstić information content (AvgIpc) is 3.24. The van der Waals surface area contributed by atoms with Crippen LogP contribution in [0.25, 0.3) is 22.3 Å². The van der Waals surface area contributed by atoms with E-state index in [1.165, 1.54) is 12.1 Å². The second-order valence-corrected chi connectivity index (χ2v) is 6.91. The zero-order chi connectivity index (χ0) is 20.8. The zero-order valence-corrected chi connectivity index (χ0v) is 15.9. The highest BCUT2D eigenvalue weighted by molar-refractivity contribution is 6.21. The van der Waals surface area contributed by atoms with E-state index in [1.54, 1.807) is 29.9 Å². The van der Waals surface area contributed by atoms with Crippen LogP contribution in [-0.2, 0) is 11.9 Å². The Morgan fingerprint density at radius 1 is 0.867 bits per heavy atom. The molecule has 1 aliphatic heterocycles. The molecule has 0 atom stereocenters. The van der Waals surface area contributed by atoms with Crippen LogP contribution < -0.4 is 0 Å². The van der Waals surface area contributed by atoms with Crippen molar-refractivity contribution in [3.05, 3.63) is 89.6 Å². The smallest absolute Gasteiger partial charge is 0.348 e. The number of aromatic nitrogens is 2. The number of fused-ring (bicyclic) bond motifs is 2. The Balaban J connectivity index is 1.51. The number of aryl methyl sites for hydroxylation is 1. The molecule has 7 nitrogen and oxygen atoms in total. The predicted octanol–water partition coefficient (Wildman–Crippen LogP) is 3.61. The molecule has 7 heteroatoms. The first-order chi connectivity index (χ1) is 14.5. The third-order valence-corrected chi connectivity index (χ3v) is 5.05. The number of hydrogen-bond donors (Lipinski definition) is 0. The Kier molecular flexibility index (Phi) is 3.96. The molecular formula is C23H15N3O4. The van der Waals surface area contributed by atoms with Crippen LogP contribution >= 0.6 is 0 Å². The molecule has 2 aromatic heterocycles. The van der Waals surface area contributed by atoms with Gasteiger partial charge in [0, 0.05) is 18.8 Å². The van der Waals surface area contributed by atoms with E-state index in [9.17, 15) is 14.4 Å². The number of hydrogen-bond acceptors (Lipinski definition) is 5. The molecule has 5 rings (SSSR count). The van der Waals surface area contributed by atoms with Gasteiger partial charge in [-0.25, -0.2) is 9.78 Å². The van der Waals surface area contributed by atoms with E-state index in [0.29, 0.717) is 16.3 Å². The molecule has 0 saturated heterocycles. The summed E-state index contributed by atoms with van der Waals surface area (Å²) in [6.07, 6.45) is 1.58. The van der Waals surface area contributed by atoms with Crippen LogP contribution in [0.2, 0.25) is 0 Å². The van der Waals surface area contributed by atoms with Crippen molar-refractivity contribution in [1.82, 2.24) is 14.6 Å². The van der Waals surface area contributed by atoms with Gasteiger partial charge in [-0.2, -0.15) is 0 Å². The van der Waals surface area contributed by atoms with Crippen molar-refractivity contribution in [2.45, 2.75) is 0 Å². The molecule has 0 N–H and O–H groups in total. The van der Waals surface area contributed by atoms with E-state index in [0.717, 1.165) is 11.1 Å². The van der Waals surface area contributed by atoms with Crippen molar-refractivity contribution >= 4 is 28.8 Å². The van der Waals surface area contributed by atoms with Crippen molar-refractivity contribution in [2.75, 3.05) is 0 Å². The molecule has 2 amide bonds. The van der Waals surface area contributed by atoms with Crippen molar-refractivity contribution in [3.63, 3.8) is 0 Å². The lowest BCUT2D eigenvalue weighted by atomic mass is 10.1. The maximum absolute atomic E-state index is 12.9. The minimum atomic E-state index is -0.826. The molecule has 0 saturated carbocycles. The van der Waals surface area contributed by atoms with Crippen LogP contribution in [0.5, 0.6) is 0 Å². The number of pyridine rings is 1. The summed E-state index contributed by atoms with van der Waals surface area (Å²) in [7, 11) is 1.78. The Morgan fingerprint density at radius 3 is 2.17 bits per heavy atom. The van der Waals surface area contributed by atoms with E-state index in [4.69, 9.17) is 4.84 Å². The quantitative estimate of drug-likeness (QED) is 0.493. The molecule has 0 bridgehead atoms. The summed E-state index contributed by atoms with van der Waals surface area (Å²) < 4.78 is 1.75. The van der Waals surface area contributed by atoms with Crippen molar-refractivity contribution in [2.24, 2.45) is 7.05 Å². The highest BCUT2D eigenvalue weighted by atomic mass is 16.7. The highest BCUT2D eigenvalue weighted by Crippen LogP contribution is 2.27. The number of carbonyl (C=O) groups excluding carboxylic acids is 3. The van der Waals surface area contributed by atoms with Crippen LogP contribution in [0.4, 0.5) is 0 Å². The first kappa shape index (κ1) is 17.8. The SMILES string of the molecule is Cn1cc(C(=O)ON2C(=O)c3ccccc3C2=O)c2nc(-c3ccccc3)ccc21. The summed E-state index contributed by atoms with van der Waals surface area (Å²) in [5, 5.41) is 0.507. The monoisotopic (exact) mass is 397 g/mol. The van der Waals surface area contributed by atoms with Crippen molar-refractivity contribution in [1.29, 1.82) is 0 Å². The van der Waals surface area contributed by atoms with Crippen LogP contribution in [0, 0.1) is 0 Å². The Labute approximate surface area is 171 Å². The van der Waals surface area contributed by atoms with E-state index >= 15 is 0 Å². The van der Waals surface area contributed by atoms with Gasteiger partial charge in [0.1, 0.15) is 11.1 Å². The predicted molar refractivity (Wildman–Crippen MR) is 109 cm³/mol. The standard InChI is InChI=1S/C23H15N3O4/c1-25-13-17(20-19(25)12-11-18(24-20)14-7-3-2-4-8-14)23(29)30-26-21(27)15-9-5-6-10-16(15)22(26)28/h2-13H,1H3. The second-order valence-electron chi connectivity index (χ2n) is 6.91. The van der Waals surface area contributed by atoms with Crippen LogP contribution in [0.15, 0.2) is 72.9 Å². The highest BCUT2D eigenvalue weighted by Gasteiger charge is 2.39. The Morgan fingerprint density at radius 2 is 1.50 bits per heavy atom. The molecular weight excluding hydrogens is 382 g/mol. The van der Waals surface area contributed by atoms with Gasteiger partial charge in [0.2, 0.25) is 0 Å². The summed E-state index contributed by atoms with van der Waals surface area (Å²) in [4.78, 5) is 47.7. The molecule has 0 radical (unpaired) electrons. The average molecular weight is 397 g/mol. The fraction of sp³-hybridized carbons (Fsp3) is 0.0435. The molecule has 0 fully saturated rings. The van der Waals surface area contributed by atoms with Gasteiger partial charge >= 0.3 is 5.97 Å². The number of benzene rings is 2. The van der Waals surface area contributed by atoms with Gasteiger partial charge in [0.05, 0.1) is 22.3 Å². The molecule has 4 aromatic rings. The number of carbonyl (C=O) groups is 3. The first-order valence-corrected chi connectivity index (χ1v) is 9.26. The topological polar surface area (TPSA) is 81.5 Å². The zero-order valence-electron chi connectivity index (χ0n) is 15.9. The second kappa shape index (κ2) is 6.66. The molecule has 0 unspecified atom stereocenters. The lowest BCUT2D eigenvalue weighted by molar-refractivity contribution is -0.0583. The number of imide groups is 1. The largest absolute Gasteiger partial charge is 0.367 e. The minimum Gasteiger partial charge on any atom is -0.348 e. The third-order valence-electron chi connectivity index (χ3n) is 5.05. The van der Waals surface area contributed by atoms with Crippen LogP contribution in [0.1, 0.15) is 31.1 Å². The molecule has 30 heavy (non-hydrogen) atoms. The number of amides is 2. The summed E-state index contributed by atoms with van der Waals surface area (Å²) in [5.41, 5.74) is 3.34. The van der Waals surface area contributed by atoms with Gasteiger partial charge < -0.3 is 9.40 Å². The third kappa shape index (κ3) is 2.68. The van der Waals surface area contributed by atoms with E-state index in [1.807, 2.05) is 42.5 Å². The van der Waals surface area contributed by atoms with Crippen LogP contribution in [0.3, 0.4) is 0 Å². The molecule has 3 heterocycles. The lowest BCUT2D eigenvalue weighted by Crippen LogP contribution is -2.32.